The fourth-order valence-corrected chi connectivity index (χ4v) is 2.25. The third-order valence-electron chi connectivity index (χ3n) is 3.29. The molecule has 0 aliphatic carbocycles. The number of carbonyl (C=O) groups is 2. The van der Waals surface area contributed by atoms with Crippen LogP contribution in [0.15, 0.2) is 42.5 Å². The van der Waals surface area contributed by atoms with Crippen LogP contribution in [-0.2, 0) is 4.79 Å². The first kappa shape index (κ1) is 17.3. The van der Waals surface area contributed by atoms with Crippen molar-refractivity contribution in [3.63, 3.8) is 0 Å². The van der Waals surface area contributed by atoms with Crippen molar-refractivity contribution in [3.8, 4) is 0 Å². The third kappa shape index (κ3) is 4.98. The van der Waals surface area contributed by atoms with Gasteiger partial charge in [-0.15, -0.1) is 0 Å². The van der Waals surface area contributed by atoms with E-state index in [1.165, 1.54) is 0 Å². The molecule has 0 saturated carbocycles. The van der Waals surface area contributed by atoms with Gasteiger partial charge >= 0.3 is 0 Å². The topological polar surface area (TPSA) is 58.2 Å². The molecule has 6 heteroatoms. The molecule has 0 saturated heterocycles. The number of hydrogen-bond acceptors (Lipinski definition) is 2. The Balaban J connectivity index is 1.82. The largest absolute Gasteiger partial charge is 0.352 e. The molecule has 23 heavy (non-hydrogen) atoms. The highest BCUT2D eigenvalue weighted by atomic mass is 35.5. The van der Waals surface area contributed by atoms with Crippen molar-refractivity contribution in [1.82, 2.24) is 5.32 Å². The fraction of sp³-hybridized carbons (Fsp3) is 0.176. The van der Waals surface area contributed by atoms with Gasteiger partial charge in [-0.3, -0.25) is 9.59 Å². The minimum atomic E-state index is -0.242. The Bertz CT molecular complexity index is 715. The van der Waals surface area contributed by atoms with E-state index >= 15 is 0 Å². The van der Waals surface area contributed by atoms with Gasteiger partial charge < -0.3 is 10.6 Å². The molecule has 0 atom stereocenters. The van der Waals surface area contributed by atoms with Crippen molar-refractivity contribution in [2.45, 2.75) is 13.3 Å². The summed E-state index contributed by atoms with van der Waals surface area (Å²) in [6.45, 7) is 2.08. The minimum Gasteiger partial charge on any atom is -0.352 e. The minimum absolute atomic E-state index is 0.172. The van der Waals surface area contributed by atoms with Gasteiger partial charge in [0.1, 0.15) is 0 Å². The van der Waals surface area contributed by atoms with Crippen LogP contribution in [0.4, 0.5) is 5.69 Å². The Labute approximate surface area is 144 Å². The van der Waals surface area contributed by atoms with E-state index in [4.69, 9.17) is 23.2 Å². The molecule has 2 N–H and O–H groups in total. The summed E-state index contributed by atoms with van der Waals surface area (Å²) in [4.78, 5) is 23.8. The molecule has 120 valence electrons. The van der Waals surface area contributed by atoms with Crippen LogP contribution in [0.1, 0.15) is 22.3 Å². The van der Waals surface area contributed by atoms with Crippen LogP contribution in [0, 0.1) is 6.92 Å². The van der Waals surface area contributed by atoms with E-state index in [0.717, 1.165) is 5.56 Å². The lowest BCUT2D eigenvalue weighted by Gasteiger charge is -2.10. The van der Waals surface area contributed by atoms with Gasteiger partial charge in [0, 0.05) is 34.3 Å². The molecule has 2 amide bonds. The maximum Gasteiger partial charge on any atom is 0.251 e. The molecule has 0 unspecified atom stereocenters. The predicted molar refractivity (Wildman–Crippen MR) is 93.2 cm³/mol. The van der Waals surface area contributed by atoms with E-state index in [9.17, 15) is 9.59 Å². The second kappa shape index (κ2) is 7.99. The number of anilines is 1. The molecular formula is C17H16Cl2N2O2. The quantitative estimate of drug-likeness (QED) is 0.854. The molecule has 4 nitrogen and oxygen atoms in total. The third-order valence-corrected chi connectivity index (χ3v) is 3.95. The van der Waals surface area contributed by atoms with Gasteiger partial charge in [-0.25, -0.2) is 0 Å². The lowest BCUT2D eigenvalue weighted by Crippen LogP contribution is -2.27. The molecule has 0 aliphatic heterocycles. The molecule has 2 rings (SSSR count). The van der Waals surface area contributed by atoms with Gasteiger partial charge in [-0.1, -0.05) is 29.3 Å². The summed E-state index contributed by atoms with van der Waals surface area (Å²) in [5.41, 5.74) is 1.99. The van der Waals surface area contributed by atoms with Crippen LogP contribution in [-0.4, -0.2) is 18.4 Å². The number of rotatable bonds is 5. The number of carbonyl (C=O) groups excluding carboxylic acids is 2. The van der Waals surface area contributed by atoms with Crippen LogP contribution >= 0.6 is 23.2 Å². The molecule has 2 aromatic carbocycles. The van der Waals surface area contributed by atoms with Crippen LogP contribution in [0.25, 0.3) is 0 Å². The molecule has 0 fully saturated rings. The highest BCUT2D eigenvalue weighted by molar-refractivity contribution is 6.31. The van der Waals surface area contributed by atoms with E-state index in [0.29, 0.717) is 21.3 Å². The molecule has 0 heterocycles. The number of nitrogens with one attached hydrogen (secondary N) is 2. The van der Waals surface area contributed by atoms with Gasteiger partial charge in [0.25, 0.3) is 5.91 Å². The van der Waals surface area contributed by atoms with E-state index in [-0.39, 0.29) is 24.8 Å². The van der Waals surface area contributed by atoms with Crippen molar-refractivity contribution in [1.29, 1.82) is 0 Å². The van der Waals surface area contributed by atoms with Crippen molar-refractivity contribution in [2.75, 3.05) is 11.9 Å². The monoisotopic (exact) mass is 350 g/mol. The second-order valence-electron chi connectivity index (χ2n) is 4.97. The maximum atomic E-state index is 11.9. The Morgan fingerprint density at radius 3 is 2.43 bits per heavy atom. The first-order valence-corrected chi connectivity index (χ1v) is 7.81. The normalized spacial score (nSPS) is 10.2. The smallest absolute Gasteiger partial charge is 0.251 e. The van der Waals surface area contributed by atoms with Gasteiger partial charge in [0.05, 0.1) is 0 Å². The van der Waals surface area contributed by atoms with Gasteiger partial charge in [0.2, 0.25) is 5.91 Å². The van der Waals surface area contributed by atoms with Crippen molar-refractivity contribution >= 4 is 40.7 Å². The van der Waals surface area contributed by atoms with Crippen molar-refractivity contribution < 1.29 is 9.59 Å². The summed E-state index contributed by atoms with van der Waals surface area (Å²) < 4.78 is 0. The molecule has 0 aliphatic rings. The van der Waals surface area contributed by atoms with E-state index < -0.39 is 0 Å². The summed E-state index contributed by atoms with van der Waals surface area (Å²) in [6, 6.07) is 11.9. The molecule has 0 spiro atoms. The Morgan fingerprint density at radius 1 is 1.04 bits per heavy atom. The second-order valence-corrected chi connectivity index (χ2v) is 5.82. The van der Waals surface area contributed by atoms with E-state index in [2.05, 4.69) is 10.6 Å². The van der Waals surface area contributed by atoms with Crippen LogP contribution in [0.5, 0.6) is 0 Å². The fourth-order valence-electron chi connectivity index (χ4n) is 1.95. The average molecular weight is 351 g/mol. The zero-order valence-electron chi connectivity index (χ0n) is 12.5. The predicted octanol–water partition coefficient (Wildman–Crippen LogP) is 4.06. The summed E-state index contributed by atoms with van der Waals surface area (Å²) in [6.07, 6.45) is 0.172. The van der Waals surface area contributed by atoms with Crippen molar-refractivity contribution in [3.05, 3.63) is 63.6 Å². The lowest BCUT2D eigenvalue weighted by molar-refractivity contribution is -0.116. The number of amides is 2. The van der Waals surface area contributed by atoms with Crippen LogP contribution in [0.2, 0.25) is 10.0 Å². The maximum absolute atomic E-state index is 11.9. The highest BCUT2D eigenvalue weighted by Gasteiger charge is 2.08. The van der Waals surface area contributed by atoms with Gasteiger partial charge in [-0.05, 0) is 48.9 Å². The zero-order valence-corrected chi connectivity index (χ0v) is 14.0. The summed E-state index contributed by atoms with van der Waals surface area (Å²) in [7, 11) is 0. The standard InChI is InChI=1S/C17H16Cl2N2O2/c1-11-14(19)3-2-4-15(11)21-16(22)9-10-20-17(23)12-5-7-13(18)8-6-12/h2-8H,9-10H2,1H3,(H,20,23)(H,21,22). The van der Waals surface area contributed by atoms with E-state index in [1.807, 2.05) is 6.92 Å². The Kier molecular flexibility index (Phi) is 6.02. The van der Waals surface area contributed by atoms with E-state index in [1.54, 1.807) is 42.5 Å². The van der Waals surface area contributed by atoms with Crippen molar-refractivity contribution in [2.24, 2.45) is 0 Å². The van der Waals surface area contributed by atoms with Crippen LogP contribution in [0.3, 0.4) is 0 Å². The summed E-state index contributed by atoms with van der Waals surface area (Å²) in [5, 5.41) is 6.64. The molecule has 0 bridgehead atoms. The average Bonchev–Trinajstić information content (AvgIpc) is 2.52. The first-order valence-electron chi connectivity index (χ1n) is 7.06. The number of benzene rings is 2. The Morgan fingerprint density at radius 2 is 1.74 bits per heavy atom. The van der Waals surface area contributed by atoms with Crippen LogP contribution < -0.4 is 10.6 Å². The first-order chi connectivity index (χ1) is 11.0. The summed E-state index contributed by atoms with van der Waals surface area (Å²) >= 11 is 11.8. The van der Waals surface area contributed by atoms with Gasteiger partial charge in [-0.2, -0.15) is 0 Å². The van der Waals surface area contributed by atoms with Gasteiger partial charge in [0.15, 0.2) is 0 Å². The summed E-state index contributed by atoms with van der Waals surface area (Å²) in [5.74, 6) is -0.430. The Hall–Kier alpha value is -2.04. The number of halogens is 2. The molecule has 0 radical (unpaired) electrons. The highest BCUT2D eigenvalue weighted by Crippen LogP contribution is 2.22. The zero-order chi connectivity index (χ0) is 16.8. The SMILES string of the molecule is Cc1c(Cl)cccc1NC(=O)CCNC(=O)c1ccc(Cl)cc1. The lowest BCUT2D eigenvalue weighted by atomic mass is 10.2. The molecular weight excluding hydrogens is 335 g/mol. The molecule has 2 aromatic rings. The number of hydrogen-bond donors (Lipinski definition) is 2. The molecule has 0 aromatic heterocycles.